The van der Waals surface area contributed by atoms with Crippen LogP contribution in [-0.4, -0.2) is 64.1 Å². The molecule has 0 spiro atoms. The molecule has 2 fully saturated rings. The molecule has 4 heterocycles. The fraction of sp³-hybridized carbons (Fsp3) is 0.524. The Morgan fingerprint density at radius 3 is 2.86 bits per heavy atom. The van der Waals surface area contributed by atoms with Gasteiger partial charge in [-0.15, -0.1) is 11.6 Å². The molecule has 1 N–H and O–H groups in total. The van der Waals surface area contributed by atoms with Crippen LogP contribution in [0.4, 0.5) is 4.39 Å². The van der Waals surface area contributed by atoms with Crippen LogP contribution in [0.1, 0.15) is 52.1 Å². The molecule has 5 rings (SSSR count). The molecule has 1 aromatic heterocycles. The van der Waals surface area contributed by atoms with Gasteiger partial charge in [-0.2, -0.15) is 5.10 Å². The predicted molar refractivity (Wildman–Crippen MR) is 106 cm³/mol. The Kier molecular flexibility index (Phi) is 5.16. The van der Waals surface area contributed by atoms with Gasteiger partial charge >= 0.3 is 0 Å². The van der Waals surface area contributed by atoms with E-state index in [0.29, 0.717) is 17.3 Å². The smallest absolute Gasteiger partial charge is 0.170 e. The number of carbonyl (C=O) groups excluding carboxylic acids is 1. The summed E-state index contributed by atoms with van der Waals surface area (Å²) >= 11 is 6.99. The summed E-state index contributed by atoms with van der Waals surface area (Å²) in [6, 6.07) is 7.20. The molecule has 0 aliphatic carbocycles. The number of carbonyl (C=O) groups is 1. The van der Waals surface area contributed by atoms with Gasteiger partial charge < -0.3 is 4.74 Å². The summed E-state index contributed by atoms with van der Waals surface area (Å²) in [5.74, 6) is -0.302. The van der Waals surface area contributed by atoms with E-state index in [1.807, 2.05) is 12.1 Å². The van der Waals surface area contributed by atoms with Crippen molar-refractivity contribution >= 4 is 17.9 Å². The number of ether oxygens (including phenoxy) is 1. The lowest BCUT2D eigenvalue weighted by Gasteiger charge is -2.48. The van der Waals surface area contributed by atoms with Crippen LogP contribution in [0.15, 0.2) is 24.3 Å². The number of nitrogens with one attached hydrogen (secondary N) is 1. The molecule has 3 aliphatic rings. The van der Waals surface area contributed by atoms with Crippen LogP contribution in [-0.2, 0) is 11.3 Å². The second kappa shape index (κ2) is 7.80. The van der Waals surface area contributed by atoms with Gasteiger partial charge in [-0.3, -0.25) is 19.7 Å². The normalized spacial score (nSPS) is 28.7. The van der Waals surface area contributed by atoms with Crippen LogP contribution in [0.3, 0.4) is 0 Å². The predicted octanol–water partition coefficient (Wildman–Crippen LogP) is 3.06. The lowest BCUT2D eigenvalue weighted by Crippen LogP contribution is -2.55. The molecular formula is C21H24ClFN4O2. The van der Waals surface area contributed by atoms with Gasteiger partial charge in [0.15, 0.2) is 6.29 Å². The van der Waals surface area contributed by atoms with Gasteiger partial charge in [0, 0.05) is 31.1 Å². The lowest BCUT2D eigenvalue weighted by atomic mass is 9.87. The average Bonchev–Trinajstić information content (AvgIpc) is 3.10. The molecule has 2 saturated heterocycles. The van der Waals surface area contributed by atoms with Crippen LogP contribution < -0.4 is 0 Å². The Bertz CT molecular complexity index is 903. The molecule has 0 bridgehead atoms. The minimum absolute atomic E-state index is 0.0598. The highest BCUT2D eigenvalue weighted by atomic mass is 35.5. The highest BCUT2D eigenvalue weighted by molar-refractivity contribution is 6.21. The first-order valence-electron chi connectivity index (χ1n) is 10.2. The third-order valence-corrected chi connectivity index (χ3v) is 7.10. The first-order valence-corrected chi connectivity index (χ1v) is 10.6. The summed E-state index contributed by atoms with van der Waals surface area (Å²) in [5.41, 5.74) is 2.67. The summed E-state index contributed by atoms with van der Waals surface area (Å²) in [7, 11) is 0. The number of halogens is 2. The maximum Gasteiger partial charge on any atom is 0.170 e. The molecule has 154 valence electrons. The third kappa shape index (κ3) is 3.30. The van der Waals surface area contributed by atoms with Crippen LogP contribution in [0.2, 0.25) is 0 Å². The number of likely N-dealkylation sites (tertiary alicyclic amines) is 1. The molecule has 3 unspecified atom stereocenters. The number of rotatable bonds is 4. The molecule has 29 heavy (non-hydrogen) atoms. The van der Waals surface area contributed by atoms with Crippen molar-refractivity contribution in [1.29, 1.82) is 0 Å². The van der Waals surface area contributed by atoms with E-state index in [1.165, 1.54) is 6.07 Å². The molecule has 0 radical (unpaired) electrons. The van der Waals surface area contributed by atoms with Gasteiger partial charge in [0.25, 0.3) is 0 Å². The number of hydrogen-bond acceptors (Lipinski definition) is 5. The lowest BCUT2D eigenvalue weighted by molar-refractivity contribution is -0.0811. The van der Waals surface area contributed by atoms with E-state index in [9.17, 15) is 9.18 Å². The third-order valence-electron chi connectivity index (χ3n) is 6.55. The van der Waals surface area contributed by atoms with Crippen LogP contribution >= 0.6 is 11.6 Å². The van der Waals surface area contributed by atoms with Gasteiger partial charge in [0.2, 0.25) is 0 Å². The van der Waals surface area contributed by atoms with Crippen molar-refractivity contribution in [2.24, 2.45) is 0 Å². The molecular weight excluding hydrogens is 395 g/mol. The molecule has 0 amide bonds. The Morgan fingerprint density at radius 1 is 1.31 bits per heavy atom. The zero-order chi connectivity index (χ0) is 20.0. The van der Waals surface area contributed by atoms with E-state index in [2.05, 4.69) is 20.0 Å². The van der Waals surface area contributed by atoms with E-state index in [-0.39, 0.29) is 23.3 Å². The standard InChI is InChI=1S/C21H24ClFN4O2/c22-21-15(14-4-1-2-6-16(14)23)5-3-7-27(21)19-9-26(13-11-29-12-13)8-17-20(19)18(10-28)25-24-17/h1-2,4,6,10,13,15,19,21H,3,5,7-9,11-12H2,(H,24,25). The van der Waals surface area contributed by atoms with Crippen LogP contribution in [0, 0.1) is 5.82 Å². The SMILES string of the molecule is O=Cc1n[nH]c2c1C(N1CCCC(c3ccccc3F)C1Cl)CN(C1COC1)C2. The zero-order valence-electron chi connectivity index (χ0n) is 16.1. The zero-order valence-corrected chi connectivity index (χ0v) is 16.8. The summed E-state index contributed by atoms with van der Waals surface area (Å²) < 4.78 is 19.9. The highest BCUT2D eigenvalue weighted by Gasteiger charge is 2.43. The van der Waals surface area contributed by atoms with Gasteiger partial charge in [0.1, 0.15) is 11.5 Å². The molecule has 8 heteroatoms. The maximum atomic E-state index is 14.5. The monoisotopic (exact) mass is 418 g/mol. The minimum Gasteiger partial charge on any atom is -0.378 e. The molecule has 2 aromatic rings. The van der Waals surface area contributed by atoms with Crippen molar-refractivity contribution in [3.8, 4) is 0 Å². The Hall–Kier alpha value is -1.80. The summed E-state index contributed by atoms with van der Waals surface area (Å²) in [6.07, 6.45) is 2.58. The van der Waals surface area contributed by atoms with Crippen molar-refractivity contribution in [2.45, 2.75) is 42.9 Å². The van der Waals surface area contributed by atoms with E-state index >= 15 is 0 Å². The number of piperidine rings is 1. The second-order valence-corrected chi connectivity index (χ2v) is 8.58. The number of aromatic nitrogens is 2. The van der Waals surface area contributed by atoms with Crippen LogP contribution in [0.25, 0.3) is 0 Å². The number of benzene rings is 1. The largest absolute Gasteiger partial charge is 0.378 e. The Morgan fingerprint density at radius 2 is 2.14 bits per heavy atom. The molecule has 1 aromatic carbocycles. The number of aromatic amines is 1. The minimum atomic E-state index is -0.356. The summed E-state index contributed by atoms with van der Waals surface area (Å²) in [5, 5.41) is 7.29. The number of H-pyrrole nitrogens is 1. The van der Waals surface area contributed by atoms with Crippen molar-refractivity contribution in [1.82, 2.24) is 20.0 Å². The van der Waals surface area contributed by atoms with Gasteiger partial charge in [-0.1, -0.05) is 18.2 Å². The molecule has 0 saturated carbocycles. The van der Waals surface area contributed by atoms with E-state index in [0.717, 1.165) is 63.2 Å². The van der Waals surface area contributed by atoms with Crippen molar-refractivity contribution in [3.05, 3.63) is 52.6 Å². The first kappa shape index (κ1) is 19.2. The number of alkyl halides is 1. The number of hydrogen-bond donors (Lipinski definition) is 1. The average molecular weight is 419 g/mol. The maximum absolute atomic E-state index is 14.5. The fourth-order valence-corrected chi connectivity index (χ4v) is 5.44. The Labute approximate surface area is 174 Å². The van der Waals surface area contributed by atoms with E-state index < -0.39 is 0 Å². The van der Waals surface area contributed by atoms with Crippen molar-refractivity contribution in [2.75, 3.05) is 26.3 Å². The number of fused-ring (bicyclic) bond motifs is 1. The van der Waals surface area contributed by atoms with Gasteiger partial charge in [-0.05, 0) is 24.5 Å². The van der Waals surface area contributed by atoms with Crippen molar-refractivity contribution in [3.63, 3.8) is 0 Å². The van der Waals surface area contributed by atoms with E-state index in [1.54, 1.807) is 6.07 Å². The molecule has 3 atom stereocenters. The second-order valence-electron chi connectivity index (χ2n) is 8.14. The van der Waals surface area contributed by atoms with E-state index in [4.69, 9.17) is 16.3 Å². The molecule has 6 nitrogen and oxygen atoms in total. The number of aldehydes is 1. The summed E-state index contributed by atoms with van der Waals surface area (Å²) in [4.78, 5) is 16.3. The fourth-order valence-electron chi connectivity index (χ4n) is 4.94. The molecule has 3 aliphatic heterocycles. The summed E-state index contributed by atoms with van der Waals surface area (Å²) in [6.45, 7) is 3.73. The number of nitrogens with zero attached hydrogens (tertiary/aromatic N) is 3. The highest BCUT2D eigenvalue weighted by Crippen LogP contribution is 2.43. The van der Waals surface area contributed by atoms with Gasteiger partial charge in [0.05, 0.1) is 36.5 Å². The van der Waals surface area contributed by atoms with Crippen molar-refractivity contribution < 1.29 is 13.9 Å². The Balaban J connectivity index is 1.48. The van der Waals surface area contributed by atoms with Gasteiger partial charge in [-0.25, -0.2) is 4.39 Å². The quantitative estimate of drug-likeness (QED) is 0.469. The van der Waals surface area contributed by atoms with Crippen LogP contribution in [0.5, 0.6) is 0 Å². The first-order chi connectivity index (χ1) is 14.2. The topological polar surface area (TPSA) is 61.5 Å².